The molecule has 2 unspecified atom stereocenters. The summed E-state index contributed by atoms with van der Waals surface area (Å²) in [7, 11) is -3.04. The van der Waals surface area contributed by atoms with E-state index in [0.717, 1.165) is 12.1 Å². The van der Waals surface area contributed by atoms with E-state index in [1.54, 1.807) is 0 Å². The number of sulfone groups is 1. The quantitative estimate of drug-likeness (QED) is 0.758. The molecule has 2 atom stereocenters. The Bertz CT molecular complexity index is 690. The maximum absolute atomic E-state index is 13.1. The lowest BCUT2D eigenvalue weighted by Gasteiger charge is -2.23. The van der Waals surface area contributed by atoms with Gasteiger partial charge in [-0.2, -0.15) is 22.0 Å². The summed E-state index contributed by atoms with van der Waals surface area (Å²) in [6, 6.07) is 4.37. The number of ether oxygens (including phenoxy) is 1. The van der Waals surface area contributed by atoms with Gasteiger partial charge in [-0.3, -0.25) is 0 Å². The summed E-state index contributed by atoms with van der Waals surface area (Å²) in [6.45, 7) is 0.241. The van der Waals surface area contributed by atoms with Crippen molar-refractivity contribution in [3.63, 3.8) is 0 Å². The predicted octanol–water partition coefficient (Wildman–Crippen LogP) is 2.84. The lowest BCUT2D eigenvalue weighted by Crippen LogP contribution is -2.45. The number of hydrogen-bond donors (Lipinski definition) is 1. The zero-order valence-electron chi connectivity index (χ0n) is 12.7. The van der Waals surface area contributed by atoms with Gasteiger partial charge in [0.15, 0.2) is 9.84 Å². The first-order valence-electron chi connectivity index (χ1n) is 7.19. The smallest absolute Gasteiger partial charge is 0.430 e. The highest BCUT2D eigenvalue weighted by atomic mass is 32.2. The molecule has 1 aliphatic heterocycles. The van der Waals surface area contributed by atoms with Crippen LogP contribution in [0.25, 0.3) is 0 Å². The van der Waals surface area contributed by atoms with Gasteiger partial charge in [-0.25, -0.2) is 12.8 Å². The lowest BCUT2D eigenvalue weighted by atomic mass is 10.2. The third-order valence-corrected chi connectivity index (χ3v) is 5.35. The standard InChI is InChI=1S/C14H15F6NO3S/c15-12(13(16,17)18)14(19,20)24-11-3-1-9(2-4-11)7-21-10-5-6-25(22,23)8-10/h1-4,10,12,21H,5-8H2. The van der Waals surface area contributed by atoms with Crippen LogP contribution in [-0.2, 0) is 16.4 Å². The average Bonchev–Trinajstić information content (AvgIpc) is 2.84. The first-order valence-corrected chi connectivity index (χ1v) is 9.01. The summed E-state index contributed by atoms with van der Waals surface area (Å²) in [5.74, 6) is -0.518. The van der Waals surface area contributed by atoms with Gasteiger partial charge in [0.1, 0.15) is 5.75 Å². The van der Waals surface area contributed by atoms with Gasteiger partial charge in [-0.1, -0.05) is 12.1 Å². The van der Waals surface area contributed by atoms with E-state index in [1.165, 1.54) is 12.1 Å². The fourth-order valence-electron chi connectivity index (χ4n) is 2.29. The molecule has 0 aliphatic carbocycles. The van der Waals surface area contributed by atoms with Crippen molar-refractivity contribution in [2.75, 3.05) is 11.5 Å². The Morgan fingerprint density at radius 1 is 1.16 bits per heavy atom. The summed E-state index contributed by atoms with van der Waals surface area (Å²) in [6.07, 6.45) is -14.8. The highest BCUT2D eigenvalue weighted by Gasteiger charge is 2.59. The normalized spacial score (nSPS) is 21.9. The second kappa shape index (κ2) is 7.02. The molecule has 0 bridgehead atoms. The molecule has 1 aromatic rings. The van der Waals surface area contributed by atoms with Crippen molar-refractivity contribution >= 4 is 9.84 Å². The van der Waals surface area contributed by atoms with Crippen molar-refractivity contribution in [2.45, 2.75) is 37.5 Å². The first-order chi connectivity index (χ1) is 11.4. The minimum Gasteiger partial charge on any atom is -0.430 e. The Morgan fingerprint density at radius 2 is 1.76 bits per heavy atom. The van der Waals surface area contributed by atoms with Gasteiger partial charge in [0.2, 0.25) is 0 Å². The van der Waals surface area contributed by atoms with Crippen LogP contribution in [-0.4, -0.2) is 44.4 Å². The maximum atomic E-state index is 13.1. The molecule has 0 saturated carbocycles. The van der Waals surface area contributed by atoms with E-state index >= 15 is 0 Å². The van der Waals surface area contributed by atoms with E-state index in [4.69, 9.17) is 0 Å². The minimum absolute atomic E-state index is 0.00967. The molecule has 1 fully saturated rings. The first kappa shape index (κ1) is 19.8. The molecule has 142 valence electrons. The topological polar surface area (TPSA) is 55.4 Å². The van der Waals surface area contributed by atoms with Crippen LogP contribution in [0.5, 0.6) is 5.75 Å². The molecule has 0 amide bonds. The second-order valence-electron chi connectivity index (χ2n) is 5.69. The molecular weight excluding hydrogens is 376 g/mol. The third kappa shape index (κ3) is 5.50. The Morgan fingerprint density at radius 3 is 2.24 bits per heavy atom. The fraction of sp³-hybridized carbons (Fsp3) is 0.571. The molecule has 1 aromatic carbocycles. The van der Waals surface area contributed by atoms with Gasteiger partial charge < -0.3 is 10.1 Å². The summed E-state index contributed by atoms with van der Waals surface area (Å²) < 4.78 is 102. The number of benzene rings is 1. The Balaban J connectivity index is 1.91. The summed E-state index contributed by atoms with van der Waals surface area (Å²) in [5.41, 5.74) is 0.576. The molecule has 0 spiro atoms. The maximum Gasteiger partial charge on any atom is 0.439 e. The van der Waals surface area contributed by atoms with Crippen LogP contribution in [0.3, 0.4) is 0 Å². The number of rotatable bonds is 6. The fourth-order valence-corrected chi connectivity index (χ4v) is 4.00. The van der Waals surface area contributed by atoms with Crippen molar-refractivity contribution < 1.29 is 39.5 Å². The second-order valence-corrected chi connectivity index (χ2v) is 7.92. The van der Waals surface area contributed by atoms with Crippen molar-refractivity contribution in [1.82, 2.24) is 5.32 Å². The van der Waals surface area contributed by atoms with Gasteiger partial charge in [-0.15, -0.1) is 0 Å². The number of hydrogen-bond acceptors (Lipinski definition) is 4. The van der Waals surface area contributed by atoms with E-state index in [1.807, 2.05) is 0 Å². The largest absolute Gasteiger partial charge is 0.439 e. The Hall–Kier alpha value is -1.49. The molecule has 4 nitrogen and oxygen atoms in total. The van der Waals surface area contributed by atoms with Crippen LogP contribution in [0.4, 0.5) is 26.3 Å². The summed E-state index contributed by atoms with van der Waals surface area (Å²) in [5, 5.41) is 2.98. The van der Waals surface area contributed by atoms with Crippen molar-refractivity contribution in [3.05, 3.63) is 29.8 Å². The van der Waals surface area contributed by atoms with E-state index in [-0.39, 0.29) is 24.1 Å². The van der Waals surface area contributed by atoms with E-state index in [9.17, 15) is 34.8 Å². The summed E-state index contributed by atoms with van der Waals surface area (Å²) in [4.78, 5) is 0. The average molecular weight is 391 g/mol. The number of halogens is 6. The highest BCUT2D eigenvalue weighted by Crippen LogP contribution is 2.36. The van der Waals surface area contributed by atoms with Gasteiger partial charge >= 0.3 is 12.3 Å². The Kier molecular flexibility index (Phi) is 5.57. The third-order valence-electron chi connectivity index (χ3n) is 3.59. The SMILES string of the molecule is O=S1(=O)CCC(NCc2ccc(OC(F)(F)C(F)C(F)(F)F)cc2)C1. The van der Waals surface area contributed by atoms with Crippen LogP contribution >= 0.6 is 0 Å². The molecule has 1 heterocycles. The zero-order valence-corrected chi connectivity index (χ0v) is 13.5. The van der Waals surface area contributed by atoms with Crippen LogP contribution in [0, 0.1) is 0 Å². The molecule has 1 aliphatic rings. The molecule has 25 heavy (non-hydrogen) atoms. The molecule has 1 saturated heterocycles. The lowest BCUT2D eigenvalue weighted by molar-refractivity contribution is -0.304. The minimum atomic E-state index is -5.74. The van der Waals surface area contributed by atoms with Gasteiger partial charge in [-0.05, 0) is 24.1 Å². The van der Waals surface area contributed by atoms with Gasteiger partial charge in [0, 0.05) is 12.6 Å². The molecule has 2 rings (SSSR count). The van der Waals surface area contributed by atoms with Crippen molar-refractivity contribution in [1.29, 1.82) is 0 Å². The summed E-state index contributed by atoms with van der Waals surface area (Å²) >= 11 is 0. The van der Waals surface area contributed by atoms with Crippen LogP contribution < -0.4 is 10.1 Å². The van der Waals surface area contributed by atoms with Gasteiger partial charge in [0.25, 0.3) is 6.17 Å². The molecule has 0 aromatic heterocycles. The zero-order chi connectivity index (χ0) is 18.9. The highest BCUT2D eigenvalue weighted by molar-refractivity contribution is 7.91. The number of alkyl halides is 6. The molecular formula is C14H15F6NO3S. The monoisotopic (exact) mass is 391 g/mol. The van der Waals surface area contributed by atoms with Crippen molar-refractivity contribution in [2.24, 2.45) is 0 Å². The molecule has 0 radical (unpaired) electrons. The van der Waals surface area contributed by atoms with Gasteiger partial charge in [0.05, 0.1) is 11.5 Å². The van der Waals surface area contributed by atoms with E-state index in [2.05, 4.69) is 10.1 Å². The van der Waals surface area contributed by atoms with E-state index in [0.29, 0.717) is 12.0 Å². The Labute approximate surface area is 140 Å². The van der Waals surface area contributed by atoms with Crippen LogP contribution in [0.1, 0.15) is 12.0 Å². The number of nitrogens with one attached hydrogen (secondary N) is 1. The van der Waals surface area contributed by atoms with Crippen LogP contribution in [0.15, 0.2) is 24.3 Å². The van der Waals surface area contributed by atoms with Crippen LogP contribution in [0.2, 0.25) is 0 Å². The molecule has 11 heteroatoms. The van der Waals surface area contributed by atoms with E-state index < -0.39 is 34.0 Å². The molecule has 1 N–H and O–H groups in total. The predicted molar refractivity (Wildman–Crippen MR) is 76.9 cm³/mol. The van der Waals surface area contributed by atoms with Crippen molar-refractivity contribution in [3.8, 4) is 5.75 Å².